The largest absolute Gasteiger partial charge is 0.573 e. The Hall–Kier alpha value is -3.76. The highest BCUT2D eigenvalue weighted by atomic mass is 19.4. The van der Waals surface area contributed by atoms with Gasteiger partial charge in [0.25, 0.3) is 0 Å². The first-order valence-corrected chi connectivity index (χ1v) is 11.8. The van der Waals surface area contributed by atoms with Gasteiger partial charge in [0.1, 0.15) is 11.6 Å². The van der Waals surface area contributed by atoms with Crippen LogP contribution in [0.25, 0.3) is 11.1 Å². The van der Waals surface area contributed by atoms with E-state index in [2.05, 4.69) is 25.2 Å². The predicted molar refractivity (Wildman–Crippen MR) is 128 cm³/mol. The van der Waals surface area contributed by atoms with Crippen molar-refractivity contribution in [2.45, 2.75) is 64.7 Å². The Bertz CT molecular complexity index is 1310. The van der Waals surface area contributed by atoms with Crippen LogP contribution < -0.4 is 10.1 Å². The summed E-state index contributed by atoms with van der Waals surface area (Å²) in [4.78, 5) is 33.1. The highest BCUT2D eigenvalue weighted by molar-refractivity contribution is 5.94. The number of ketones is 1. The summed E-state index contributed by atoms with van der Waals surface area (Å²) in [7, 11) is 0. The molecule has 196 valence electrons. The smallest absolute Gasteiger partial charge is 0.405 e. The zero-order valence-corrected chi connectivity index (χ0v) is 20.8. The molecule has 8 nitrogen and oxygen atoms in total. The van der Waals surface area contributed by atoms with E-state index in [0.717, 1.165) is 12.8 Å². The third-order valence-electron chi connectivity index (χ3n) is 5.87. The zero-order valence-electron chi connectivity index (χ0n) is 20.8. The van der Waals surface area contributed by atoms with Crippen molar-refractivity contribution in [1.29, 1.82) is 0 Å². The lowest BCUT2D eigenvalue weighted by atomic mass is 9.92. The van der Waals surface area contributed by atoms with E-state index >= 15 is 0 Å². The summed E-state index contributed by atoms with van der Waals surface area (Å²) in [6, 6.07) is 7.59. The molecule has 4 rings (SSSR count). The molecular weight excluding hydrogens is 489 g/mol. The van der Waals surface area contributed by atoms with Crippen LogP contribution in [0, 0.1) is 5.92 Å². The third kappa shape index (κ3) is 6.72. The number of rotatable bonds is 8. The number of amides is 1. The number of halogens is 3. The molecule has 2 heterocycles. The maximum atomic E-state index is 13.3. The van der Waals surface area contributed by atoms with E-state index in [9.17, 15) is 22.8 Å². The third-order valence-corrected chi connectivity index (χ3v) is 5.87. The molecule has 0 aliphatic heterocycles. The molecule has 0 unspecified atom stereocenters. The van der Waals surface area contributed by atoms with Gasteiger partial charge in [0.15, 0.2) is 0 Å². The summed E-state index contributed by atoms with van der Waals surface area (Å²) in [5.74, 6) is -1.19. The second-order valence-corrected chi connectivity index (χ2v) is 10.2. The number of carbonyl (C=O) groups is 2. The Morgan fingerprint density at radius 2 is 1.84 bits per heavy atom. The van der Waals surface area contributed by atoms with Crippen LogP contribution in [0.2, 0.25) is 0 Å². The summed E-state index contributed by atoms with van der Waals surface area (Å²) in [6.45, 7) is 7.18. The molecule has 1 amide bonds. The van der Waals surface area contributed by atoms with Gasteiger partial charge in [0, 0.05) is 24.0 Å². The summed E-state index contributed by atoms with van der Waals surface area (Å²) in [5.41, 5.74) is 0.725. The van der Waals surface area contributed by atoms with E-state index in [-0.39, 0.29) is 29.6 Å². The number of alkyl halides is 3. The number of Topliss-reactive ketones (excluding diaryl/α,β-unsaturated/α-hetero) is 1. The molecule has 0 radical (unpaired) electrons. The molecule has 0 saturated heterocycles. The van der Waals surface area contributed by atoms with Gasteiger partial charge in [-0.15, -0.1) is 13.2 Å². The van der Waals surface area contributed by atoms with E-state index in [1.54, 1.807) is 25.1 Å². The van der Waals surface area contributed by atoms with Gasteiger partial charge < -0.3 is 14.6 Å². The SMILES string of the molecule is C[C@@H](CC(=O)c1noc(C(C)(C)C)n1)c1ccc(-c2ccnc(NC(=O)C3CC3)c2)cc1OC(F)(F)F. The number of nitrogens with zero attached hydrogens (tertiary/aromatic N) is 3. The van der Waals surface area contributed by atoms with Crippen LogP contribution in [0.1, 0.15) is 74.9 Å². The van der Waals surface area contributed by atoms with E-state index in [1.807, 2.05) is 20.8 Å². The van der Waals surface area contributed by atoms with Gasteiger partial charge in [0.2, 0.25) is 23.4 Å². The fraction of sp³-hybridized carbons (Fsp3) is 0.423. The number of carbonyl (C=O) groups excluding carboxylic acids is 2. The van der Waals surface area contributed by atoms with Crippen molar-refractivity contribution < 1.29 is 32.0 Å². The van der Waals surface area contributed by atoms with Crippen LogP contribution in [0.5, 0.6) is 5.75 Å². The van der Waals surface area contributed by atoms with Gasteiger partial charge in [-0.2, -0.15) is 4.98 Å². The van der Waals surface area contributed by atoms with Gasteiger partial charge in [0.05, 0.1) is 0 Å². The molecular formula is C26H27F3N4O4. The Morgan fingerprint density at radius 3 is 2.46 bits per heavy atom. The van der Waals surface area contributed by atoms with Crippen molar-refractivity contribution in [3.05, 3.63) is 53.8 Å². The minimum absolute atomic E-state index is 0.0202. The molecule has 2 aromatic heterocycles. The predicted octanol–water partition coefficient (Wildman–Crippen LogP) is 6.05. The lowest BCUT2D eigenvalue weighted by molar-refractivity contribution is -0.274. The molecule has 0 spiro atoms. The van der Waals surface area contributed by atoms with Gasteiger partial charge in [-0.25, -0.2) is 4.98 Å². The number of pyridine rings is 1. The van der Waals surface area contributed by atoms with Crippen LogP contribution in [-0.2, 0) is 10.2 Å². The first kappa shape index (κ1) is 26.3. The van der Waals surface area contributed by atoms with E-state index < -0.39 is 29.2 Å². The Morgan fingerprint density at radius 1 is 1.14 bits per heavy atom. The second kappa shape index (κ2) is 9.95. The number of nitrogens with one attached hydrogen (secondary N) is 1. The van der Waals surface area contributed by atoms with E-state index in [1.165, 1.54) is 18.3 Å². The Balaban J connectivity index is 1.58. The van der Waals surface area contributed by atoms with Crippen molar-refractivity contribution >= 4 is 17.5 Å². The Labute approximate surface area is 211 Å². The lowest BCUT2D eigenvalue weighted by Crippen LogP contribution is -2.19. The fourth-order valence-corrected chi connectivity index (χ4v) is 3.71. The van der Waals surface area contributed by atoms with Crippen LogP contribution in [0.15, 0.2) is 41.1 Å². The molecule has 1 aromatic carbocycles. The fourth-order valence-electron chi connectivity index (χ4n) is 3.71. The van der Waals surface area contributed by atoms with E-state index in [4.69, 9.17) is 4.52 Å². The lowest BCUT2D eigenvalue weighted by Gasteiger charge is -2.19. The van der Waals surface area contributed by atoms with Crippen molar-refractivity contribution in [2.24, 2.45) is 5.92 Å². The second-order valence-electron chi connectivity index (χ2n) is 10.2. The first-order chi connectivity index (χ1) is 17.3. The number of hydrogen-bond acceptors (Lipinski definition) is 7. The maximum absolute atomic E-state index is 13.3. The summed E-state index contributed by atoms with van der Waals surface area (Å²) in [6.07, 6.45) is -1.96. The standard InChI is InChI=1S/C26H27F3N4O4/c1-14(11-19(34)22-32-24(37-33-22)25(2,3)4)18-8-7-16(12-20(18)36-26(27,28)29)17-9-10-30-21(13-17)31-23(35)15-5-6-15/h7-10,12-15H,5-6,11H2,1-4H3,(H,30,31,35)/t14-/m0/s1. The average molecular weight is 517 g/mol. The molecule has 1 fully saturated rings. The van der Waals surface area contributed by atoms with Gasteiger partial charge in [-0.3, -0.25) is 9.59 Å². The van der Waals surface area contributed by atoms with Crippen molar-refractivity contribution in [3.63, 3.8) is 0 Å². The molecule has 1 aliphatic carbocycles. The molecule has 1 saturated carbocycles. The van der Waals surface area contributed by atoms with Gasteiger partial charge in [-0.1, -0.05) is 45.0 Å². The molecule has 1 atom stereocenters. The number of benzene rings is 1. The monoisotopic (exact) mass is 516 g/mol. The summed E-state index contributed by atoms with van der Waals surface area (Å²) >= 11 is 0. The van der Waals surface area contributed by atoms with E-state index in [0.29, 0.717) is 22.8 Å². The quantitative estimate of drug-likeness (QED) is 0.363. The average Bonchev–Trinajstić information content (AvgIpc) is 3.53. The number of ether oxygens (including phenoxy) is 1. The Kier molecular flexibility index (Phi) is 7.07. The molecule has 1 aliphatic rings. The van der Waals surface area contributed by atoms with Crippen molar-refractivity contribution in [2.75, 3.05) is 5.32 Å². The first-order valence-electron chi connectivity index (χ1n) is 11.8. The van der Waals surface area contributed by atoms with Gasteiger partial charge >= 0.3 is 6.36 Å². The van der Waals surface area contributed by atoms with Crippen molar-refractivity contribution in [1.82, 2.24) is 15.1 Å². The minimum Gasteiger partial charge on any atom is -0.405 e. The summed E-state index contributed by atoms with van der Waals surface area (Å²) < 4.78 is 49.3. The van der Waals surface area contributed by atoms with Crippen LogP contribution in [0.4, 0.5) is 19.0 Å². The van der Waals surface area contributed by atoms with Crippen LogP contribution in [-0.4, -0.2) is 33.2 Å². The molecule has 0 bridgehead atoms. The van der Waals surface area contributed by atoms with Crippen molar-refractivity contribution in [3.8, 4) is 16.9 Å². The number of aromatic nitrogens is 3. The van der Waals surface area contributed by atoms with Crippen LogP contribution in [0.3, 0.4) is 0 Å². The topological polar surface area (TPSA) is 107 Å². The molecule has 3 aromatic rings. The summed E-state index contributed by atoms with van der Waals surface area (Å²) in [5, 5.41) is 6.45. The molecule has 37 heavy (non-hydrogen) atoms. The van der Waals surface area contributed by atoms with Gasteiger partial charge in [-0.05, 0) is 53.6 Å². The highest BCUT2D eigenvalue weighted by Crippen LogP contribution is 2.37. The minimum atomic E-state index is -4.94. The number of anilines is 1. The van der Waals surface area contributed by atoms with Crippen LogP contribution >= 0.6 is 0 Å². The highest BCUT2D eigenvalue weighted by Gasteiger charge is 2.34. The maximum Gasteiger partial charge on any atom is 0.573 e. The number of hydrogen-bond donors (Lipinski definition) is 1. The molecule has 1 N–H and O–H groups in total. The molecule has 11 heteroatoms. The zero-order chi connectivity index (χ0) is 27.0. The normalized spacial score (nSPS) is 14.8.